The van der Waals surface area contributed by atoms with Crippen LogP contribution >= 0.6 is 0 Å². The molecule has 8 nitrogen and oxygen atoms in total. The molecule has 1 N–H and O–H groups in total. The van der Waals surface area contributed by atoms with Gasteiger partial charge in [0.15, 0.2) is 6.61 Å². The number of anilines is 1. The Bertz CT molecular complexity index is 700. The zero-order valence-corrected chi connectivity index (χ0v) is 14.8. The number of nitro groups is 1. The van der Waals surface area contributed by atoms with Crippen molar-refractivity contribution in [1.29, 1.82) is 0 Å². The minimum atomic E-state index is -0.719. The molecule has 1 saturated carbocycles. The predicted octanol–water partition coefficient (Wildman–Crippen LogP) is 1.98. The first kappa shape index (κ1) is 19.6. The monoisotopic (exact) mass is 362 g/mol. The molecule has 1 aliphatic carbocycles. The Morgan fingerprint density at radius 1 is 1.31 bits per heavy atom. The third kappa shape index (κ3) is 5.37. The number of amides is 1. The van der Waals surface area contributed by atoms with E-state index in [0.29, 0.717) is 5.69 Å². The van der Waals surface area contributed by atoms with Crippen molar-refractivity contribution in [2.45, 2.75) is 26.7 Å². The number of nitrogens with one attached hydrogen (secondary N) is 1. The van der Waals surface area contributed by atoms with E-state index < -0.39 is 35.2 Å². The second-order valence-electron chi connectivity index (χ2n) is 6.71. The van der Waals surface area contributed by atoms with Crippen LogP contribution in [0.3, 0.4) is 0 Å². The molecule has 3 atom stereocenters. The lowest BCUT2D eigenvalue weighted by Crippen LogP contribution is -2.28. The fourth-order valence-corrected chi connectivity index (χ4v) is 3.22. The first-order valence-electron chi connectivity index (χ1n) is 8.43. The molecule has 1 aromatic carbocycles. The van der Waals surface area contributed by atoms with Gasteiger partial charge >= 0.3 is 5.97 Å². The molecule has 0 aromatic heterocycles. The molecule has 0 bridgehead atoms. The van der Waals surface area contributed by atoms with Gasteiger partial charge in [-0.1, -0.05) is 24.6 Å². The molecule has 8 heteroatoms. The van der Waals surface area contributed by atoms with Crippen LogP contribution in [0.2, 0.25) is 0 Å². The maximum absolute atomic E-state index is 12.0. The molecule has 0 heterocycles. The lowest BCUT2D eigenvalue weighted by molar-refractivity contribution is -0.490. The van der Waals surface area contributed by atoms with Crippen molar-refractivity contribution in [2.24, 2.45) is 17.8 Å². The minimum absolute atomic E-state index is 0.143. The van der Waals surface area contributed by atoms with E-state index >= 15 is 0 Å². The second kappa shape index (κ2) is 8.55. The van der Waals surface area contributed by atoms with Crippen molar-refractivity contribution >= 4 is 23.3 Å². The summed E-state index contributed by atoms with van der Waals surface area (Å²) in [5.74, 6) is -2.70. The van der Waals surface area contributed by atoms with Crippen LogP contribution in [0.5, 0.6) is 0 Å². The van der Waals surface area contributed by atoms with Crippen LogP contribution in [0.25, 0.3) is 0 Å². The molecule has 1 amide bonds. The summed E-state index contributed by atoms with van der Waals surface area (Å²) in [6.07, 6.45) is -0.0101. The van der Waals surface area contributed by atoms with Gasteiger partial charge in [0, 0.05) is 28.9 Å². The fourth-order valence-electron chi connectivity index (χ4n) is 3.22. The number of benzene rings is 1. The van der Waals surface area contributed by atoms with Gasteiger partial charge in [-0.3, -0.25) is 24.5 Å². The van der Waals surface area contributed by atoms with E-state index in [9.17, 15) is 24.5 Å². The minimum Gasteiger partial charge on any atom is -0.456 e. The van der Waals surface area contributed by atoms with Crippen LogP contribution in [0.15, 0.2) is 24.3 Å². The van der Waals surface area contributed by atoms with E-state index in [-0.39, 0.29) is 31.1 Å². The number of esters is 1. The number of ketones is 1. The number of carbonyl (C=O) groups excluding carboxylic acids is 3. The van der Waals surface area contributed by atoms with Crippen molar-refractivity contribution < 1.29 is 24.0 Å². The fraction of sp³-hybridized carbons (Fsp3) is 0.500. The normalized spacial score (nSPS) is 22.1. The van der Waals surface area contributed by atoms with Crippen LogP contribution in [0.4, 0.5) is 5.69 Å². The smallest absolute Gasteiger partial charge is 0.307 e. The van der Waals surface area contributed by atoms with Gasteiger partial charge in [-0.05, 0) is 25.0 Å². The van der Waals surface area contributed by atoms with E-state index in [0.717, 1.165) is 5.56 Å². The average Bonchev–Trinajstić information content (AvgIpc) is 2.81. The predicted molar refractivity (Wildman–Crippen MR) is 93.0 cm³/mol. The number of aryl methyl sites for hydroxylation is 1. The van der Waals surface area contributed by atoms with E-state index in [1.165, 1.54) is 0 Å². The van der Waals surface area contributed by atoms with Crippen LogP contribution in [0.1, 0.15) is 25.3 Å². The summed E-state index contributed by atoms with van der Waals surface area (Å²) >= 11 is 0. The molecule has 1 fully saturated rings. The Morgan fingerprint density at radius 2 is 1.96 bits per heavy atom. The van der Waals surface area contributed by atoms with Gasteiger partial charge in [0.25, 0.3) is 5.91 Å². The quantitative estimate of drug-likeness (QED) is 0.450. The van der Waals surface area contributed by atoms with E-state index in [1.54, 1.807) is 19.1 Å². The third-order valence-corrected chi connectivity index (χ3v) is 4.63. The van der Waals surface area contributed by atoms with Crippen molar-refractivity contribution in [3.63, 3.8) is 0 Å². The van der Waals surface area contributed by atoms with Crippen LogP contribution < -0.4 is 5.32 Å². The number of Topliss-reactive ketones (excluding diaryl/α,β-unsaturated/α-hetero) is 1. The Hall–Kier alpha value is -2.77. The molecule has 0 unspecified atom stereocenters. The maximum Gasteiger partial charge on any atom is 0.307 e. The first-order valence-corrected chi connectivity index (χ1v) is 8.43. The number of nitrogens with zero attached hydrogens (tertiary/aromatic N) is 1. The van der Waals surface area contributed by atoms with Gasteiger partial charge in [0.2, 0.25) is 6.54 Å². The molecule has 140 valence electrons. The Labute approximate surface area is 151 Å². The topological polar surface area (TPSA) is 116 Å². The Morgan fingerprint density at radius 3 is 2.58 bits per heavy atom. The molecule has 2 rings (SSSR count). The zero-order chi connectivity index (χ0) is 19.3. The highest BCUT2D eigenvalue weighted by Crippen LogP contribution is 2.36. The second-order valence-corrected chi connectivity index (χ2v) is 6.71. The molecule has 0 aliphatic heterocycles. The number of hydrogen-bond acceptors (Lipinski definition) is 6. The Balaban J connectivity index is 1.83. The highest BCUT2D eigenvalue weighted by molar-refractivity contribution is 5.93. The lowest BCUT2D eigenvalue weighted by Gasteiger charge is -2.17. The summed E-state index contributed by atoms with van der Waals surface area (Å²) in [6, 6.07) is 7.14. The summed E-state index contributed by atoms with van der Waals surface area (Å²) in [5, 5.41) is 13.4. The summed E-state index contributed by atoms with van der Waals surface area (Å²) in [6.45, 7) is 2.87. The molecule has 0 saturated heterocycles. The van der Waals surface area contributed by atoms with Crippen LogP contribution in [0, 0.1) is 34.8 Å². The number of ether oxygens (including phenoxy) is 1. The number of carbonyl (C=O) groups is 3. The SMILES string of the molecule is Cc1ccc(NC(=O)COC(=O)C[C@H]2C(=O)C[C@@H](C)[C@H]2C[N+](=O)[O-])cc1. The van der Waals surface area contributed by atoms with Gasteiger partial charge in [-0.2, -0.15) is 0 Å². The number of hydrogen-bond donors (Lipinski definition) is 1. The third-order valence-electron chi connectivity index (χ3n) is 4.63. The summed E-state index contributed by atoms with van der Waals surface area (Å²) in [5.41, 5.74) is 1.64. The van der Waals surface area contributed by atoms with E-state index in [4.69, 9.17) is 4.74 Å². The molecule has 1 aliphatic rings. The summed E-state index contributed by atoms with van der Waals surface area (Å²) < 4.78 is 4.93. The van der Waals surface area contributed by atoms with Crippen LogP contribution in [-0.4, -0.2) is 35.7 Å². The lowest BCUT2D eigenvalue weighted by atomic mass is 9.88. The zero-order valence-electron chi connectivity index (χ0n) is 14.8. The maximum atomic E-state index is 12.0. The average molecular weight is 362 g/mol. The van der Waals surface area contributed by atoms with Crippen molar-refractivity contribution in [1.82, 2.24) is 0 Å². The molecule has 26 heavy (non-hydrogen) atoms. The number of rotatable bonds is 7. The first-order chi connectivity index (χ1) is 12.3. The summed E-state index contributed by atoms with van der Waals surface area (Å²) in [4.78, 5) is 46.1. The highest BCUT2D eigenvalue weighted by atomic mass is 16.6. The highest BCUT2D eigenvalue weighted by Gasteiger charge is 2.44. The molecule has 0 radical (unpaired) electrons. The molecule has 0 spiro atoms. The van der Waals surface area contributed by atoms with E-state index in [2.05, 4.69) is 5.32 Å². The molecular weight excluding hydrogens is 340 g/mol. The van der Waals surface area contributed by atoms with Crippen molar-refractivity contribution in [3.05, 3.63) is 39.9 Å². The summed E-state index contributed by atoms with van der Waals surface area (Å²) in [7, 11) is 0. The Kier molecular flexibility index (Phi) is 6.43. The van der Waals surface area contributed by atoms with Gasteiger partial charge in [0.1, 0.15) is 5.78 Å². The van der Waals surface area contributed by atoms with E-state index in [1.807, 2.05) is 19.1 Å². The standard InChI is InChI=1S/C18H22N2O6/c1-11-3-5-13(6-4-11)19-17(22)10-26-18(23)8-14-15(9-20(24)25)12(2)7-16(14)21/h3-6,12,14-15H,7-10H2,1-2H3,(H,19,22)/t12-,14-,15-/m1/s1. The molecular formula is C18H22N2O6. The van der Waals surface area contributed by atoms with Gasteiger partial charge in [-0.15, -0.1) is 0 Å². The van der Waals surface area contributed by atoms with Gasteiger partial charge < -0.3 is 10.1 Å². The largest absolute Gasteiger partial charge is 0.456 e. The molecule has 1 aromatic rings. The van der Waals surface area contributed by atoms with Crippen LogP contribution in [-0.2, 0) is 19.1 Å². The van der Waals surface area contributed by atoms with Crippen molar-refractivity contribution in [3.8, 4) is 0 Å². The van der Waals surface area contributed by atoms with Gasteiger partial charge in [0.05, 0.1) is 6.42 Å². The van der Waals surface area contributed by atoms with Crippen molar-refractivity contribution in [2.75, 3.05) is 18.5 Å². The van der Waals surface area contributed by atoms with Gasteiger partial charge in [-0.25, -0.2) is 0 Å².